The number of nitrogens with one attached hydrogen (secondary N) is 1. The molecule has 0 atom stereocenters. The fourth-order valence-electron chi connectivity index (χ4n) is 1.60. The van der Waals surface area contributed by atoms with E-state index in [4.69, 9.17) is 11.1 Å². The zero-order chi connectivity index (χ0) is 13.5. The van der Waals surface area contributed by atoms with Crippen molar-refractivity contribution >= 4 is 11.4 Å². The van der Waals surface area contributed by atoms with E-state index in [1.54, 1.807) is 0 Å². The topological polar surface area (TPSA) is 49.9 Å². The van der Waals surface area contributed by atoms with Crippen LogP contribution in [0.25, 0.3) is 0 Å². The number of benzene rings is 2. The molecule has 0 fully saturated rings. The van der Waals surface area contributed by atoms with Crippen molar-refractivity contribution in [3.05, 3.63) is 65.2 Å². The molecule has 0 saturated heterocycles. The van der Waals surface area contributed by atoms with Crippen LogP contribution in [0, 0.1) is 12.3 Å². The molecule has 0 aliphatic rings. The Kier molecular flexibility index (Phi) is 5.12. The predicted molar refractivity (Wildman–Crippen MR) is 79.3 cm³/mol. The summed E-state index contributed by atoms with van der Waals surface area (Å²) in [6.45, 7) is 6.03. The van der Waals surface area contributed by atoms with Crippen molar-refractivity contribution in [2.24, 2.45) is 0 Å². The summed E-state index contributed by atoms with van der Waals surface area (Å²) in [5.74, 6) is 0. The van der Waals surface area contributed by atoms with Gasteiger partial charge in [-0.1, -0.05) is 61.9 Å². The number of para-hydroxylation sites is 1. The first kappa shape index (κ1) is 14.0. The summed E-state index contributed by atoms with van der Waals surface area (Å²) in [4.78, 5) is 0. The Hall–Kier alpha value is -2.09. The molecule has 0 amide bonds. The van der Waals surface area contributed by atoms with Gasteiger partial charge >= 0.3 is 0 Å². The smallest absolute Gasteiger partial charge is 0.0705 e. The predicted octanol–water partition coefficient (Wildman–Crippen LogP) is 4.02. The first-order valence-corrected chi connectivity index (χ1v) is 6.19. The van der Waals surface area contributed by atoms with Crippen LogP contribution in [0.5, 0.6) is 0 Å². The summed E-state index contributed by atoms with van der Waals surface area (Å²) in [6.07, 6.45) is 0. The molecule has 0 unspecified atom stereocenters. The van der Waals surface area contributed by atoms with Crippen LogP contribution in [0.15, 0.2) is 48.5 Å². The van der Waals surface area contributed by atoms with Crippen molar-refractivity contribution in [1.82, 2.24) is 0 Å². The number of rotatable bonds is 2. The number of aryl methyl sites for hydroxylation is 1. The second-order valence-corrected chi connectivity index (χ2v) is 3.83. The molecule has 2 heteroatoms. The average Bonchev–Trinajstić information content (AvgIpc) is 2.42. The summed E-state index contributed by atoms with van der Waals surface area (Å²) in [5, 5.41) is 8.10. The SMILES string of the molecule is CC.Cc1ccc(C(=N)c2ccccc2N)cc1. The first-order chi connectivity index (χ1) is 8.68. The van der Waals surface area contributed by atoms with Gasteiger partial charge in [0.05, 0.1) is 5.71 Å². The molecule has 0 heterocycles. The van der Waals surface area contributed by atoms with Crippen molar-refractivity contribution in [2.75, 3.05) is 5.73 Å². The largest absolute Gasteiger partial charge is 0.398 e. The molecule has 0 spiro atoms. The highest BCUT2D eigenvalue weighted by molar-refractivity contribution is 6.13. The van der Waals surface area contributed by atoms with Gasteiger partial charge < -0.3 is 5.73 Å². The zero-order valence-corrected chi connectivity index (χ0v) is 11.2. The molecule has 0 saturated carbocycles. The number of nitrogen functional groups attached to an aromatic ring is 1. The number of hydrogen-bond donors (Lipinski definition) is 2. The van der Waals surface area contributed by atoms with E-state index in [9.17, 15) is 0 Å². The standard InChI is InChI=1S/C14H14N2.C2H6/c1-10-6-8-11(9-7-10)14(16)12-4-2-3-5-13(12)15;1-2/h2-9,16H,15H2,1H3;1-2H3. The maximum atomic E-state index is 8.10. The Morgan fingerprint density at radius 2 is 1.50 bits per heavy atom. The van der Waals surface area contributed by atoms with Crippen LogP contribution in [-0.2, 0) is 0 Å². The van der Waals surface area contributed by atoms with Gasteiger partial charge in [0.2, 0.25) is 0 Å². The molecule has 3 N–H and O–H groups in total. The lowest BCUT2D eigenvalue weighted by Crippen LogP contribution is -2.04. The molecule has 2 aromatic rings. The molecular formula is C16H20N2. The Bertz CT molecular complexity index is 513. The van der Waals surface area contributed by atoms with Crippen molar-refractivity contribution in [2.45, 2.75) is 20.8 Å². The minimum absolute atomic E-state index is 0.470. The second kappa shape index (κ2) is 6.60. The third kappa shape index (κ3) is 3.20. The Balaban J connectivity index is 0.000000771. The van der Waals surface area contributed by atoms with Crippen LogP contribution in [0.4, 0.5) is 5.69 Å². The Labute approximate surface area is 109 Å². The fourth-order valence-corrected chi connectivity index (χ4v) is 1.60. The zero-order valence-electron chi connectivity index (χ0n) is 11.2. The third-order valence-electron chi connectivity index (χ3n) is 2.57. The van der Waals surface area contributed by atoms with E-state index in [0.29, 0.717) is 11.4 Å². The summed E-state index contributed by atoms with van der Waals surface area (Å²) in [6, 6.07) is 15.4. The highest BCUT2D eigenvalue weighted by atomic mass is 14.6. The maximum Gasteiger partial charge on any atom is 0.0705 e. The first-order valence-electron chi connectivity index (χ1n) is 6.19. The molecule has 18 heavy (non-hydrogen) atoms. The van der Waals surface area contributed by atoms with Gasteiger partial charge in [-0.05, 0) is 13.0 Å². The lowest BCUT2D eigenvalue weighted by atomic mass is 10.0. The summed E-state index contributed by atoms with van der Waals surface area (Å²) < 4.78 is 0. The molecule has 2 nitrogen and oxygen atoms in total. The van der Waals surface area contributed by atoms with Gasteiger partial charge in [0, 0.05) is 16.8 Å². The van der Waals surface area contributed by atoms with Crippen LogP contribution in [-0.4, -0.2) is 5.71 Å². The Morgan fingerprint density at radius 3 is 2.06 bits per heavy atom. The van der Waals surface area contributed by atoms with Gasteiger partial charge in [0.15, 0.2) is 0 Å². The number of hydrogen-bond acceptors (Lipinski definition) is 2. The van der Waals surface area contributed by atoms with Crippen molar-refractivity contribution in [3.8, 4) is 0 Å². The number of anilines is 1. The van der Waals surface area contributed by atoms with Crippen LogP contribution < -0.4 is 5.73 Å². The number of nitrogens with two attached hydrogens (primary N) is 1. The van der Waals surface area contributed by atoms with Gasteiger partial charge in [-0.2, -0.15) is 0 Å². The van der Waals surface area contributed by atoms with Crippen molar-refractivity contribution < 1.29 is 0 Å². The lowest BCUT2D eigenvalue weighted by Gasteiger charge is -2.07. The molecular weight excluding hydrogens is 220 g/mol. The highest BCUT2D eigenvalue weighted by Gasteiger charge is 2.06. The van der Waals surface area contributed by atoms with Crippen LogP contribution in [0.3, 0.4) is 0 Å². The van der Waals surface area contributed by atoms with Crippen LogP contribution in [0.1, 0.15) is 30.5 Å². The molecule has 0 aliphatic carbocycles. The van der Waals surface area contributed by atoms with Gasteiger partial charge in [-0.25, -0.2) is 0 Å². The molecule has 0 aliphatic heterocycles. The van der Waals surface area contributed by atoms with Crippen molar-refractivity contribution in [3.63, 3.8) is 0 Å². The van der Waals surface area contributed by atoms with E-state index in [1.807, 2.05) is 69.3 Å². The van der Waals surface area contributed by atoms with E-state index < -0.39 is 0 Å². The van der Waals surface area contributed by atoms with E-state index in [1.165, 1.54) is 5.56 Å². The quantitative estimate of drug-likeness (QED) is 0.604. The Morgan fingerprint density at radius 1 is 0.944 bits per heavy atom. The average molecular weight is 240 g/mol. The van der Waals surface area contributed by atoms with Gasteiger partial charge in [-0.3, -0.25) is 5.41 Å². The lowest BCUT2D eigenvalue weighted by molar-refractivity contribution is 1.42. The normalized spacial score (nSPS) is 9.28. The highest BCUT2D eigenvalue weighted by Crippen LogP contribution is 2.16. The minimum Gasteiger partial charge on any atom is -0.398 e. The van der Waals surface area contributed by atoms with Gasteiger partial charge in [0.25, 0.3) is 0 Å². The fraction of sp³-hybridized carbons (Fsp3) is 0.188. The van der Waals surface area contributed by atoms with Gasteiger partial charge in [0.1, 0.15) is 0 Å². The molecule has 0 aromatic heterocycles. The van der Waals surface area contributed by atoms with Gasteiger partial charge in [-0.15, -0.1) is 0 Å². The van der Waals surface area contributed by atoms with Crippen LogP contribution >= 0.6 is 0 Å². The monoisotopic (exact) mass is 240 g/mol. The van der Waals surface area contributed by atoms with E-state index in [-0.39, 0.29) is 0 Å². The molecule has 2 rings (SSSR count). The third-order valence-corrected chi connectivity index (χ3v) is 2.57. The van der Waals surface area contributed by atoms with E-state index in [2.05, 4.69) is 0 Å². The molecule has 0 bridgehead atoms. The second-order valence-electron chi connectivity index (χ2n) is 3.83. The maximum absolute atomic E-state index is 8.10. The van der Waals surface area contributed by atoms with E-state index in [0.717, 1.165) is 11.1 Å². The molecule has 0 radical (unpaired) electrons. The summed E-state index contributed by atoms with van der Waals surface area (Å²) >= 11 is 0. The minimum atomic E-state index is 0.470. The van der Waals surface area contributed by atoms with E-state index >= 15 is 0 Å². The van der Waals surface area contributed by atoms with Crippen LogP contribution in [0.2, 0.25) is 0 Å². The van der Waals surface area contributed by atoms with Crippen molar-refractivity contribution in [1.29, 1.82) is 5.41 Å². The summed E-state index contributed by atoms with van der Waals surface area (Å²) in [5.41, 5.74) is 9.83. The summed E-state index contributed by atoms with van der Waals surface area (Å²) in [7, 11) is 0. The molecule has 2 aromatic carbocycles. The molecule has 94 valence electrons.